The average molecular weight is 287 g/mol. The number of hydrogen-bond acceptors (Lipinski definition) is 4. The largest absolute Gasteiger partial charge is 0.480 e. The van der Waals surface area contributed by atoms with E-state index < -0.39 is 17.9 Å². The van der Waals surface area contributed by atoms with E-state index in [9.17, 15) is 9.59 Å². The molecule has 1 amide bonds. The zero-order chi connectivity index (χ0) is 15.4. The van der Waals surface area contributed by atoms with Gasteiger partial charge in [-0.15, -0.1) is 0 Å². The second kappa shape index (κ2) is 6.21. The molecule has 21 heavy (non-hydrogen) atoms. The van der Waals surface area contributed by atoms with Gasteiger partial charge in [-0.05, 0) is 18.6 Å². The lowest BCUT2D eigenvalue weighted by Gasteiger charge is -2.13. The first-order chi connectivity index (χ1) is 10.0. The molecule has 6 nitrogen and oxygen atoms in total. The van der Waals surface area contributed by atoms with E-state index in [4.69, 9.17) is 10.8 Å². The number of carbonyl (C=O) groups is 2. The topological polar surface area (TPSA) is 105 Å². The van der Waals surface area contributed by atoms with Crippen LogP contribution >= 0.6 is 0 Å². The molecule has 4 N–H and O–H groups in total. The summed E-state index contributed by atoms with van der Waals surface area (Å²) in [5.74, 6) is -1.59. The van der Waals surface area contributed by atoms with Crippen LogP contribution in [0.4, 0.5) is 5.69 Å². The number of nitrogens with zero attached hydrogens (tertiary/aromatic N) is 1. The Labute approximate surface area is 122 Å². The number of carbonyl (C=O) groups excluding carboxylic acids is 1. The van der Waals surface area contributed by atoms with Crippen molar-refractivity contribution in [3.8, 4) is 0 Å². The molecule has 0 unspecified atom stereocenters. The normalized spacial score (nSPS) is 12.0. The molecule has 0 bridgehead atoms. The number of aromatic nitrogens is 1. The number of amides is 1. The minimum absolute atomic E-state index is 0.119. The van der Waals surface area contributed by atoms with Gasteiger partial charge < -0.3 is 16.2 Å². The Balaban J connectivity index is 2.29. The Bertz CT molecular complexity index is 685. The van der Waals surface area contributed by atoms with Gasteiger partial charge in [0, 0.05) is 11.1 Å². The van der Waals surface area contributed by atoms with E-state index >= 15 is 0 Å². The molecule has 1 aromatic heterocycles. The van der Waals surface area contributed by atoms with Crippen LogP contribution in [0.2, 0.25) is 0 Å². The van der Waals surface area contributed by atoms with Gasteiger partial charge in [0.2, 0.25) is 0 Å². The minimum atomic E-state index is -1.06. The van der Waals surface area contributed by atoms with Crippen LogP contribution in [0.3, 0.4) is 0 Å². The van der Waals surface area contributed by atoms with Crippen LogP contribution in [0.1, 0.15) is 30.3 Å². The van der Waals surface area contributed by atoms with E-state index in [-0.39, 0.29) is 5.69 Å². The van der Waals surface area contributed by atoms with Gasteiger partial charge in [0.1, 0.15) is 11.7 Å². The van der Waals surface area contributed by atoms with E-state index in [1.807, 2.05) is 19.1 Å². The van der Waals surface area contributed by atoms with Crippen LogP contribution in [0, 0.1) is 0 Å². The number of nitrogen functional groups attached to an aromatic ring is 1. The summed E-state index contributed by atoms with van der Waals surface area (Å²) in [6, 6.07) is 7.74. The quantitative estimate of drug-likeness (QED) is 0.777. The number of nitrogens with one attached hydrogen (secondary N) is 1. The van der Waals surface area contributed by atoms with Crippen LogP contribution in [0.25, 0.3) is 10.9 Å². The molecule has 2 aromatic rings. The fraction of sp³-hybridized carbons (Fsp3) is 0.267. The van der Waals surface area contributed by atoms with Crippen molar-refractivity contribution in [3.63, 3.8) is 0 Å². The van der Waals surface area contributed by atoms with Gasteiger partial charge in [0.15, 0.2) is 0 Å². The minimum Gasteiger partial charge on any atom is -0.480 e. The molecule has 0 radical (unpaired) electrons. The van der Waals surface area contributed by atoms with Crippen molar-refractivity contribution in [2.45, 2.75) is 25.8 Å². The summed E-state index contributed by atoms with van der Waals surface area (Å²) in [5, 5.41) is 12.3. The second-order valence-corrected chi connectivity index (χ2v) is 4.77. The molecule has 0 saturated carbocycles. The maximum Gasteiger partial charge on any atom is 0.326 e. The number of carboxylic acids is 1. The molecule has 0 spiro atoms. The first-order valence-corrected chi connectivity index (χ1v) is 6.72. The Morgan fingerprint density at radius 3 is 2.76 bits per heavy atom. The molecule has 0 aliphatic heterocycles. The molecular weight excluding hydrogens is 270 g/mol. The van der Waals surface area contributed by atoms with E-state index in [0.29, 0.717) is 24.0 Å². The molecular formula is C15H17N3O3. The molecule has 1 atom stereocenters. The molecule has 2 rings (SSSR count). The van der Waals surface area contributed by atoms with Gasteiger partial charge in [-0.2, -0.15) is 0 Å². The number of fused-ring (bicyclic) bond motifs is 1. The number of anilines is 1. The Hall–Kier alpha value is -2.63. The third kappa shape index (κ3) is 3.28. The standard InChI is InChI=1S/C15H17N3O3/c1-2-5-12(15(20)21)18-14(19)13-8-10(16)9-6-3-4-7-11(9)17-13/h3-4,6-8,12H,2,5H2,1H3,(H2,16,17)(H,18,19)(H,20,21)/t12-/m0/s1. The lowest BCUT2D eigenvalue weighted by molar-refractivity contribution is -0.139. The van der Waals surface area contributed by atoms with Gasteiger partial charge in [0.05, 0.1) is 5.52 Å². The first kappa shape index (κ1) is 14.8. The molecule has 6 heteroatoms. The number of aliphatic carboxylic acids is 1. The van der Waals surface area contributed by atoms with Gasteiger partial charge in [-0.25, -0.2) is 9.78 Å². The maximum absolute atomic E-state index is 12.1. The van der Waals surface area contributed by atoms with Gasteiger partial charge in [0.25, 0.3) is 5.91 Å². The van der Waals surface area contributed by atoms with E-state index in [0.717, 1.165) is 5.39 Å². The smallest absolute Gasteiger partial charge is 0.326 e. The van der Waals surface area contributed by atoms with Crippen LogP contribution in [0.15, 0.2) is 30.3 Å². The van der Waals surface area contributed by atoms with E-state index in [1.54, 1.807) is 12.1 Å². The Morgan fingerprint density at radius 1 is 1.38 bits per heavy atom. The zero-order valence-corrected chi connectivity index (χ0v) is 11.7. The Kier molecular flexibility index (Phi) is 4.37. The summed E-state index contributed by atoms with van der Waals surface area (Å²) in [7, 11) is 0. The maximum atomic E-state index is 12.1. The van der Waals surface area contributed by atoms with Crippen molar-refractivity contribution in [2.75, 3.05) is 5.73 Å². The fourth-order valence-corrected chi connectivity index (χ4v) is 2.10. The number of benzene rings is 1. The zero-order valence-electron chi connectivity index (χ0n) is 11.7. The highest BCUT2D eigenvalue weighted by Crippen LogP contribution is 2.20. The van der Waals surface area contributed by atoms with Crippen molar-refractivity contribution in [1.82, 2.24) is 10.3 Å². The van der Waals surface area contributed by atoms with Crippen molar-refractivity contribution in [1.29, 1.82) is 0 Å². The molecule has 0 fully saturated rings. The summed E-state index contributed by atoms with van der Waals surface area (Å²) in [6.07, 6.45) is 1.02. The molecule has 1 heterocycles. The van der Waals surface area contributed by atoms with Crippen LogP contribution in [-0.2, 0) is 4.79 Å². The number of para-hydroxylation sites is 1. The highest BCUT2D eigenvalue weighted by molar-refractivity contribution is 6.00. The van der Waals surface area contributed by atoms with E-state index in [2.05, 4.69) is 10.3 Å². The fourth-order valence-electron chi connectivity index (χ4n) is 2.10. The third-order valence-corrected chi connectivity index (χ3v) is 3.16. The molecule has 0 aliphatic rings. The van der Waals surface area contributed by atoms with Gasteiger partial charge in [-0.1, -0.05) is 31.5 Å². The number of nitrogens with two attached hydrogens (primary N) is 1. The third-order valence-electron chi connectivity index (χ3n) is 3.16. The van der Waals surface area contributed by atoms with Gasteiger partial charge in [-0.3, -0.25) is 4.79 Å². The molecule has 0 saturated heterocycles. The molecule has 0 aliphatic carbocycles. The van der Waals surface area contributed by atoms with Crippen molar-refractivity contribution >= 4 is 28.5 Å². The SMILES string of the molecule is CCC[C@H](NC(=O)c1cc(N)c2ccccc2n1)C(=O)O. The number of pyridine rings is 1. The number of hydrogen-bond donors (Lipinski definition) is 3. The van der Waals surface area contributed by atoms with Gasteiger partial charge >= 0.3 is 5.97 Å². The summed E-state index contributed by atoms with van der Waals surface area (Å²) >= 11 is 0. The van der Waals surface area contributed by atoms with Crippen LogP contribution in [0.5, 0.6) is 0 Å². The summed E-state index contributed by atoms with van der Waals surface area (Å²) in [5.41, 5.74) is 7.07. The summed E-state index contributed by atoms with van der Waals surface area (Å²) < 4.78 is 0. The average Bonchev–Trinajstić information content (AvgIpc) is 2.46. The second-order valence-electron chi connectivity index (χ2n) is 4.77. The lowest BCUT2D eigenvalue weighted by Crippen LogP contribution is -2.41. The lowest BCUT2D eigenvalue weighted by atomic mass is 10.1. The van der Waals surface area contributed by atoms with Crippen LogP contribution < -0.4 is 11.1 Å². The van der Waals surface area contributed by atoms with Crippen LogP contribution in [-0.4, -0.2) is 28.0 Å². The first-order valence-electron chi connectivity index (χ1n) is 6.72. The monoisotopic (exact) mass is 287 g/mol. The van der Waals surface area contributed by atoms with Crippen molar-refractivity contribution in [3.05, 3.63) is 36.0 Å². The predicted octanol–water partition coefficient (Wildman–Crippen LogP) is 1.80. The highest BCUT2D eigenvalue weighted by atomic mass is 16.4. The van der Waals surface area contributed by atoms with Crippen molar-refractivity contribution < 1.29 is 14.7 Å². The molecule has 1 aromatic carbocycles. The summed E-state index contributed by atoms with van der Waals surface area (Å²) in [6.45, 7) is 1.86. The predicted molar refractivity (Wildman–Crippen MR) is 80.0 cm³/mol. The van der Waals surface area contributed by atoms with Crippen molar-refractivity contribution in [2.24, 2.45) is 0 Å². The molecule has 110 valence electrons. The van der Waals surface area contributed by atoms with E-state index in [1.165, 1.54) is 6.07 Å². The number of carboxylic acid groups (broad SMARTS) is 1. The summed E-state index contributed by atoms with van der Waals surface area (Å²) in [4.78, 5) is 27.4. The number of rotatable bonds is 5. The Morgan fingerprint density at radius 2 is 2.10 bits per heavy atom. The highest BCUT2D eigenvalue weighted by Gasteiger charge is 2.20.